The fourth-order valence-corrected chi connectivity index (χ4v) is 3.50. The van der Waals surface area contributed by atoms with Crippen LogP contribution in [0.5, 0.6) is 5.75 Å². The zero-order valence-corrected chi connectivity index (χ0v) is 16.3. The van der Waals surface area contributed by atoms with Gasteiger partial charge in [0.05, 0.1) is 36.1 Å². The van der Waals surface area contributed by atoms with Crippen molar-refractivity contribution in [2.75, 3.05) is 24.3 Å². The number of carbonyl (C=O) groups is 2. The maximum atomic E-state index is 12.8. The Kier molecular flexibility index (Phi) is 6.29. The minimum Gasteiger partial charge on any atom is -0.495 e. The number of hydrogen-bond donors (Lipinski definition) is 2. The van der Waals surface area contributed by atoms with Gasteiger partial charge < -0.3 is 14.8 Å². The lowest BCUT2D eigenvalue weighted by Gasteiger charge is -2.14. The predicted octanol–water partition coefficient (Wildman–Crippen LogP) is 2.89. The second kappa shape index (κ2) is 8.28. The minimum absolute atomic E-state index is 0.000992. The van der Waals surface area contributed by atoms with Crippen LogP contribution in [0.3, 0.4) is 0 Å². The van der Waals surface area contributed by atoms with Crippen molar-refractivity contribution in [2.24, 2.45) is 0 Å². The van der Waals surface area contributed by atoms with E-state index in [1.165, 1.54) is 57.5 Å². The molecule has 0 bridgehead atoms. The molecule has 0 aliphatic carbocycles. The summed E-state index contributed by atoms with van der Waals surface area (Å²) in [6.07, 6.45) is 0. The molecule has 0 aliphatic heterocycles. The summed E-state index contributed by atoms with van der Waals surface area (Å²) in [4.78, 5) is 23.0. The lowest BCUT2D eigenvalue weighted by atomic mass is 10.2. The van der Waals surface area contributed by atoms with E-state index in [0.717, 1.165) is 0 Å². The van der Waals surface area contributed by atoms with Crippen molar-refractivity contribution < 1.29 is 27.5 Å². The molecule has 0 unspecified atom stereocenters. The summed E-state index contributed by atoms with van der Waals surface area (Å²) in [6.45, 7) is 1.29. The van der Waals surface area contributed by atoms with Crippen molar-refractivity contribution in [3.63, 3.8) is 0 Å². The van der Waals surface area contributed by atoms with E-state index in [9.17, 15) is 18.0 Å². The van der Waals surface area contributed by atoms with Crippen molar-refractivity contribution >= 4 is 44.9 Å². The fourth-order valence-electron chi connectivity index (χ4n) is 2.23. The molecule has 2 aromatic carbocycles. The van der Waals surface area contributed by atoms with Crippen LogP contribution in [0.15, 0.2) is 41.3 Å². The highest BCUT2D eigenvalue weighted by Crippen LogP contribution is 2.30. The van der Waals surface area contributed by atoms with Crippen LogP contribution in [0.1, 0.15) is 17.3 Å². The van der Waals surface area contributed by atoms with Gasteiger partial charge >= 0.3 is 5.97 Å². The van der Waals surface area contributed by atoms with Crippen molar-refractivity contribution in [3.8, 4) is 5.75 Å². The number of rotatable bonds is 6. The number of methoxy groups -OCH3 is 2. The molecular weight excluding hydrogens is 396 g/mol. The number of halogens is 1. The van der Waals surface area contributed by atoms with Gasteiger partial charge in [-0.05, 0) is 36.4 Å². The van der Waals surface area contributed by atoms with Crippen molar-refractivity contribution in [1.82, 2.24) is 0 Å². The van der Waals surface area contributed by atoms with E-state index in [4.69, 9.17) is 16.3 Å². The lowest BCUT2D eigenvalue weighted by molar-refractivity contribution is -0.114. The maximum Gasteiger partial charge on any atom is 0.339 e. The van der Waals surface area contributed by atoms with Gasteiger partial charge in [-0.1, -0.05) is 11.6 Å². The Hall–Kier alpha value is -2.78. The molecule has 0 radical (unpaired) electrons. The van der Waals surface area contributed by atoms with E-state index in [2.05, 4.69) is 14.8 Å². The molecule has 144 valence electrons. The molecule has 2 rings (SSSR count). The number of sulfonamides is 1. The minimum atomic E-state index is -4.10. The van der Waals surface area contributed by atoms with E-state index < -0.39 is 21.9 Å². The van der Waals surface area contributed by atoms with Crippen LogP contribution in [-0.4, -0.2) is 34.5 Å². The average molecular weight is 413 g/mol. The molecule has 0 fully saturated rings. The van der Waals surface area contributed by atoms with Gasteiger partial charge in [-0.3, -0.25) is 9.52 Å². The van der Waals surface area contributed by atoms with Gasteiger partial charge in [-0.15, -0.1) is 0 Å². The molecular formula is C17H17ClN2O6S. The molecule has 0 aromatic heterocycles. The van der Waals surface area contributed by atoms with Gasteiger partial charge in [0.25, 0.3) is 10.0 Å². The van der Waals surface area contributed by atoms with Crippen LogP contribution in [0.25, 0.3) is 0 Å². The maximum absolute atomic E-state index is 12.8. The first-order valence-electron chi connectivity index (χ1n) is 7.54. The Morgan fingerprint density at radius 2 is 1.74 bits per heavy atom. The largest absolute Gasteiger partial charge is 0.495 e. The number of hydrogen-bond acceptors (Lipinski definition) is 6. The van der Waals surface area contributed by atoms with E-state index in [1.807, 2.05) is 0 Å². The van der Waals surface area contributed by atoms with Crippen molar-refractivity contribution in [2.45, 2.75) is 11.8 Å². The number of benzene rings is 2. The third-order valence-electron chi connectivity index (χ3n) is 3.42. The normalized spacial score (nSPS) is 10.8. The summed E-state index contributed by atoms with van der Waals surface area (Å²) < 4.78 is 37.6. The summed E-state index contributed by atoms with van der Waals surface area (Å²) >= 11 is 5.91. The first-order chi connectivity index (χ1) is 12.7. The van der Waals surface area contributed by atoms with Crippen molar-refractivity contribution in [1.29, 1.82) is 0 Å². The van der Waals surface area contributed by atoms with Gasteiger partial charge in [0.1, 0.15) is 5.75 Å². The van der Waals surface area contributed by atoms with E-state index in [-0.39, 0.29) is 26.9 Å². The summed E-state index contributed by atoms with van der Waals surface area (Å²) in [5, 5.41) is 2.73. The molecule has 10 heteroatoms. The lowest BCUT2D eigenvalue weighted by Crippen LogP contribution is -2.17. The Labute approximate surface area is 161 Å². The third-order valence-corrected chi connectivity index (χ3v) is 5.02. The van der Waals surface area contributed by atoms with Gasteiger partial charge in [0.15, 0.2) is 0 Å². The Morgan fingerprint density at radius 3 is 2.33 bits per heavy atom. The Bertz CT molecular complexity index is 991. The van der Waals surface area contributed by atoms with Crippen LogP contribution in [0.2, 0.25) is 5.02 Å². The SMILES string of the molecule is COC(=O)c1ccc(Cl)cc1NS(=O)(=O)c1ccc(OC)c(NC(C)=O)c1. The number of esters is 1. The first kappa shape index (κ1) is 20.5. The van der Waals surface area contributed by atoms with E-state index in [1.54, 1.807) is 0 Å². The number of nitrogens with one attached hydrogen (secondary N) is 2. The number of carbonyl (C=O) groups excluding carboxylic acids is 2. The summed E-state index contributed by atoms with van der Waals surface area (Å²) in [5.41, 5.74) is 0.152. The molecule has 8 nitrogen and oxygen atoms in total. The second-order valence-electron chi connectivity index (χ2n) is 5.33. The molecule has 0 aliphatic rings. The predicted molar refractivity (Wildman–Crippen MR) is 101 cm³/mol. The van der Waals surface area contributed by atoms with Gasteiger partial charge in [0, 0.05) is 11.9 Å². The first-order valence-corrected chi connectivity index (χ1v) is 9.40. The molecule has 1 amide bonds. The van der Waals surface area contributed by atoms with E-state index >= 15 is 0 Å². The zero-order valence-electron chi connectivity index (χ0n) is 14.7. The van der Waals surface area contributed by atoms with Crippen LogP contribution < -0.4 is 14.8 Å². The van der Waals surface area contributed by atoms with Crippen LogP contribution >= 0.6 is 11.6 Å². The highest BCUT2D eigenvalue weighted by atomic mass is 35.5. The Morgan fingerprint density at radius 1 is 1.04 bits per heavy atom. The van der Waals surface area contributed by atoms with Gasteiger partial charge in [-0.2, -0.15) is 0 Å². The highest BCUT2D eigenvalue weighted by Gasteiger charge is 2.21. The second-order valence-corrected chi connectivity index (χ2v) is 7.45. The summed E-state index contributed by atoms with van der Waals surface area (Å²) in [7, 11) is -1.53. The average Bonchev–Trinajstić information content (AvgIpc) is 2.60. The summed E-state index contributed by atoms with van der Waals surface area (Å²) in [5.74, 6) is -0.821. The smallest absolute Gasteiger partial charge is 0.339 e. The number of amides is 1. The molecule has 0 saturated heterocycles. The zero-order chi connectivity index (χ0) is 20.2. The van der Waals surface area contributed by atoms with Crippen LogP contribution in [-0.2, 0) is 19.6 Å². The third kappa shape index (κ3) is 4.89. The molecule has 0 saturated carbocycles. The highest BCUT2D eigenvalue weighted by molar-refractivity contribution is 7.92. The van der Waals surface area contributed by atoms with Crippen molar-refractivity contribution in [3.05, 3.63) is 47.0 Å². The quantitative estimate of drug-likeness (QED) is 0.706. The summed E-state index contributed by atoms with van der Waals surface area (Å²) in [6, 6.07) is 8.03. The van der Waals surface area contributed by atoms with Crippen LogP contribution in [0, 0.1) is 0 Å². The molecule has 0 spiro atoms. The van der Waals surface area contributed by atoms with Gasteiger partial charge in [-0.25, -0.2) is 13.2 Å². The Balaban J connectivity index is 2.47. The number of ether oxygens (including phenoxy) is 2. The fraction of sp³-hybridized carbons (Fsp3) is 0.176. The molecule has 2 aromatic rings. The van der Waals surface area contributed by atoms with Crippen LogP contribution in [0.4, 0.5) is 11.4 Å². The molecule has 0 heterocycles. The molecule has 2 N–H and O–H groups in total. The van der Waals surface area contributed by atoms with Gasteiger partial charge in [0.2, 0.25) is 5.91 Å². The number of anilines is 2. The standard InChI is InChI=1S/C17H17ClN2O6S/c1-10(21)19-15-9-12(5-7-16(15)25-2)27(23,24)20-14-8-11(18)4-6-13(14)17(22)26-3/h4-9,20H,1-3H3,(H,19,21). The monoisotopic (exact) mass is 412 g/mol. The topological polar surface area (TPSA) is 111 Å². The molecule has 0 atom stereocenters. The van der Waals surface area contributed by atoms with E-state index in [0.29, 0.717) is 5.75 Å². The molecule has 27 heavy (non-hydrogen) atoms.